The average Bonchev–Trinajstić information content (AvgIpc) is 3.27. The molecule has 0 spiro atoms. The number of nitro groups is 1. The van der Waals surface area contributed by atoms with Gasteiger partial charge in [0, 0.05) is 36.7 Å². The lowest BCUT2D eigenvalue weighted by atomic mass is 9.93. The number of carbonyl (C=O) groups excluding carboxylic acids is 3. The number of ether oxygens (including phenoxy) is 1. The van der Waals surface area contributed by atoms with Crippen molar-refractivity contribution in [2.75, 3.05) is 19.1 Å². The van der Waals surface area contributed by atoms with Crippen molar-refractivity contribution in [2.24, 2.45) is 5.10 Å². The molecule has 11 nitrogen and oxygen atoms in total. The molecule has 38 heavy (non-hydrogen) atoms. The van der Waals surface area contributed by atoms with Gasteiger partial charge in [0.05, 0.1) is 35.4 Å². The lowest BCUT2D eigenvalue weighted by Crippen LogP contribution is -2.28. The molecule has 3 aromatic rings. The summed E-state index contributed by atoms with van der Waals surface area (Å²) in [7, 11) is 2.83. The molecule has 0 bridgehead atoms. The van der Waals surface area contributed by atoms with Gasteiger partial charge in [-0.1, -0.05) is 24.3 Å². The highest BCUT2D eigenvalue weighted by atomic mass is 16.6. The van der Waals surface area contributed by atoms with Gasteiger partial charge in [-0.05, 0) is 37.5 Å². The number of amides is 2. The van der Waals surface area contributed by atoms with Crippen LogP contribution in [0.3, 0.4) is 0 Å². The summed E-state index contributed by atoms with van der Waals surface area (Å²) < 4.78 is 10.8. The molecule has 1 N–H and O–H groups in total. The first-order chi connectivity index (χ1) is 18.2. The van der Waals surface area contributed by atoms with Crippen molar-refractivity contribution in [3.05, 3.63) is 92.4 Å². The largest absolute Gasteiger partial charge is 0.465 e. The maximum absolute atomic E-state index is 13.4. The number of anilines is 1. The lowest BCUT2D eigenvalue weighted by molar-refractivity contribution is -0.384. The molecule has 1 aliphatic carbocycles. The number of fused-ring (bicyclic) bond motifs is 1. The number of nitrogens with zero attached hydrogens (tertiary/aromatic N) is 3. The quantitative estimate of drug-likeness (QED) is 0.283. The van der Waals surface area contributed by atoms with E-state index in [4.69, 9.17) is 9.15 Å². The van der Waals surface area contributed by atoms with Crippen molar-refractivity contribution in [2.45, 2.75) is 32.6 Å². The molecule has 0 aliphatic heterocycles. The predicted molar refractivity (Wildman–Crippen MR) is 138 cm³/mol. The van der Waals surface area contributed by atoms with Crippen LogP contribution in [-0.2, 0) is 22.4 Å². The van der Waals surface area contributed by atoms with E-state index in [1.165, 1.54) is 36.3 Å². The first-order valence-electron chi connectivity index (χ1n) is 11.9. The van der Waals surface area contributed by atoms with Gasteiger partial charge in [-0.15, -0.1) is 0 Å². The monoisotopic (exact) mass is 518 g/mol. The molecule has 4 rings (SSSR count). The summed E-state index contributed by atoms with van der Waals surface area (Å²) in [5.74, 6) is -0.640. The summed E-state index contributed by atoms with van der Waals surface area (Å²) in [6.07, 6.45) is 1.92. The zero-order valence-corrected chi connectivity index (χ0v) is 21.1. The van der Waals surface area contributed by atoms with E-state index in [2.05, 4.69) is 10.5 Å². The van der Waals surface area contributed by atoms with E-state index in [1.807, 2.05) is 0 Å². The minimum absolute atomic E-state index is 0.000134. The molecular formula is C27H26N4O7. The standard InChI is InChI=1S/C27H26N4O7/c1-16-24-20(28-29-23(32)15-17-11-13-18(14-12-17)31(35)36)8-6-10-22(24)38-25(16)26(33)30(2)21-9-5-4-7-19(21)27(34)37-3/h4-5,7,9,11-14H,6,8,10,15H2,1-3H3,(H,29,32)/b28-20+. The number of esters is 1. The Morgan fingerprint density at radius 3 is 2.53 bits per heavy atom. The number of furan rings is 1. The summed E-state index contributed by atoms with van der Waals surface area (Å²) in [5, 5.41) is 15.1. The molecule has 2 amide bonds. The summed E-state index contributed by atoms with van der Waals surface area (Å²) >= 11 is 0. The second kappa shape index (κ2) is 11.1. The molecule has 0 saturated heterocycles. The van der Waals surface area contributed by atoms with E-state index in [9.17, 15) is 24.5 Å². The number of non-ortho nitro benzene ring substituents is 1. The number of hydrogen-bond acceptors (Lipinski definition) is 8. The van der Waals surface area contributed by atoms with Crippen molar-refractivity contribution in [1.82, 2.24) is 5.43 Å². The molecule has 1 aliphatic rings. The smallest absolute Gasteiger partial charge is 0.339 e. The zero-order chi connectivity index (χ0) is 27.4. The van der Waals surface area contributed by atoms with E-state index in [-0.39, 0.29) is 29.3 Å². The predicted octanol–water partition coefficient (Wildman–Crippen LogP) is 3.96. The van der Waals surface area contributed by atoms with Crippen molar-refractivity contribution in [3.8, 4) is 0 Å². The normalized spacial score (nSPS) is 13.5. The number of aryl methyl sites for hydroxylation is 1. The lowest BCUT2D eigenvalue weighted by Gasteiger charge is -2.19. The molecule has 11 heteroatoms. The average molecular weight is 519 g/mol. The zero-order valence-electron chi connectivity index (χ0n) is 21.1. The molecule has 0 unspecified atom stereocenters. The maximum atomic E-state index is 13.4. The van der Waals surface area contributed by atoms with Crippen LogP contribution < -0.4 is 10.3 Å². The Kier molecular flexibility index (Phi) is 7.66. The molecule has 0 fully saturated rings. The van der Waals surface area contributed by atoms with Gasteiger partial charge in [-0.25, -0.2) is 10.2 Å². The SMILES string of the molecule is COC(=O)c1ccccc1N(C)C(=O)c1oc2c(c1C)/C(=N/NC(=O)Cc1ccc([N+](=O)[O-])cc1)CCC2. The Morgan fingerprint density at radius 1 is 1.13 bits per heavy atom. The summed E-state index contributed by atoms with van der Waals surface area (Å²) in [5.41, 5.74) is 5.61. The fourth-order valence-electron chi connectivity index (χ4n) is 4.38. The topological polar surface area (TPSA) is 144 Å². The molecule has 1 aromatic heterocycles. The highest BCUT2D eigenvalue weighted by molar-refractivity contribution is 6.11. The van der Waals surface area contributed by atoms with Crippen LogP contribution in [0, 0.1) is 17.0 Å². The second-order valence-corrected chi connectivity index (χ2v) is 8.77. The van der Waals surface area contributed by atoms with Gasteiger partial charge in [-0.3, -0.25) is 19.7 Å². The van der Waals surface area contributed by atoms with Crippen molar-refractivity contribution in [1.29, 1.82) is 0 Å². The van der Waals surface area contributed by atoms with E-state index >= 15 is 0 Å². The Morgan fingerprint density at radius 2 is 1.84 bits per heavy atom. The number of carbonyl (C=O) groups is 3. The number of hydrazone groups is 1. The molecular weight excluding hydrogens is 492 g/mol. The molecule has 196 valence electrons. The van der Waals surface area contributed by atoms with Gasteiger partial charge in [0.1, 0.15) is 5.76 Å². The van der Waals surface area contributed by atoms with Gasteiger partial charge in [-0.2, -0.15) is 5.10 Å². The molecule has 2 aromatic carbocycles. The van der Waals surface area contributed by atoms with Gasteiger partial charge in [0.15, 0.2) is 5.76 Å². The van der Waals surface area contributed by atoms with Gasteiger partial charge in [0.25, 0.3) is 11.6 Å². The van der Waals surface area contributed by atoms with Crippen LogP contribution in [-0.4, -0.2) is 42.6 Å². The highest BCUT2D eigenvalue weighted by Crippen LogP contribution is 2.32. The first-order valence-corrected chi connectivity index (χ1v) is 11.9. The van der Waals surface area contributed by atoms with E-state index < -0.39 is 16.8 Å². The first kappa shape index (κ1) is 26.3. The van der Waals surface area contributed by atoms with Crippen LogP contribution >= 0.6 is 0 Å². The van der Waals surface area contributed by atoms with Crippen LogP contribution in [0.2, 0.25) is 0 Å². The van der Waals surface area contributed by atoms with Crippen LogP contribution in [0.4, 0.5) is 11.4 Å². The number of para-hydroxylation sites is 1. The molecule has 0 saturated carbocycles. The number of methoxy groups -OCH3 is 1. The maximum Gasteiger partial charge on any atom is 0.339 e. The Labute approximate surface area is 218 Å². The third kappa shape index (κ3) is 5.31. The number of rotatable bonds is 7. The highest BCUT2D eigenvalue weighted by Gasteiger charge is 2.30. The number of hydrogen-bond donors (Lipinski definition) is 1. The summed E-state index contributed by atoms with van der Waals surface area (Å²) in [4.78, 5) is 49.7. The third-order valence-corrected chi connectivity index (χ3v) is 6.32. The van der Waals surface area contributed by atoms with Crippen LogP contribution in [0.15, 0.2) is 58.0 Å². The Hall–Kier alpha value is -4.80. The van der Waals surface area contributed by atoms with Gasteiger partial charge in [0.2, 0.25) is 5.91 Å². The van der Waals surface area contributed by atoms with Crippen molar-refractivity contribution in [3.63, 3.8) is 0 Å². The summed E-state index contributed by atoms with van der Waals surface area (Å²) in [6.45, 7) is 1.76. The minimum Gasteiger partial charge on any atom is -0.465 e. The fourth-order valence-corrected chi connectivity index (χ4v) is 4.38. The van der Waals surface area contributed by atoms with Gasteiger partial charge < -0.3 is 14.1 Å². The van der Waals surface area contributed by atoms with Crippen LogP contribution in [0.5, 0.6) is 0 Å². The van der Waals surface area contributed by atoms with Crippen LogP contribution in [0.25, 0.3) is 0 Å². The minimum atomic E-state index is -0.561. The third-order valence-electron chi connectivity index (χ3n) is 6.32. The van der Waals surface area contributed by atoms with Gasteiger partial charge >= 0.3 is 5.97 Å². The summed E-state index contributed by atoms with van der Waals surface area (Å²) in [6, 6.07) is 12.4. The number of nitrogens with one attached hydrogen (secondary N) is 1. The Balaban J connectivity index is 1.54. The van der Waals surface area contributed by atoms with Crippen molar-refractivity contribution < 1.29 is 28.5 Å². The van der Waals surface area contributed by atoms with Crippen LogP contribution in [0.1, 0.15) is 56.2 Å². The number of benzene rings is 2. The van der Waals surface area contributed by atoms with Crippen molar-refractivity contribution >= 4 is 34.9 Å². The van der Waals surface area contributed by atoms with E-state index in [0.717, 1.165) is 6.42 Å². The second-order valence-electron chi connectivity index (χ2n) is 8.77. The Bertz CT molecular complexity index is 1440. The molecule has 1 heterocycles. The molecule has 0 atom stereocenters. The number of nitro benzene ring substituents is 1. The fraction of sp³-hybridized carbons (Fsp3) is 0.259. The molecule has 0 radical (unpaired) electrons. The van der Waals surface area contributed by atoms with E-state index in [0.29, 0.717) is 46.7 Å². The van der Waals surface area contributed by atoms with E-state index in [1.54, 1.807) is 38.2 Å².